The zero-order valence-electron chi connectivity index (χ0n) is 17.0. The van der Waals surface area contributed by atoms with Crippen molar-refractivity contribution in [2.75, 3.05) is 19.7 Å². The predicted octanol–water partition coefficient (Wildman–Crippen LogP) is 5.02. The molecule has 2 aliphatic heterocycles. The van der Waals surface area contributed by atoms with Crippen LogP contribution in [0.15, 0.2) is 30.3 Å². The summed E-state index contributed by atoms with van der Waals surface area (Å²) in [5.41, 5.74) is 2.17. The smallest absolute Gasteiger partial charge is 0.260 e. The number of benzene rings is 2. The quantitative estimate of drug-likeness (QED) is 0.662. The standard InChI is InChI=1S/C23H23Cl2NO4/c1-14-9-15(2)22-18(27)12-23(30-20(22)10-14)5-7-26(8-6-23)21(28)13-29-19-11-16(24)3-4-17(19)25/h3-4,9-11H,5-8,12-13H2,1-2H3. The first-order chi connectivity index (χ1) is 14.3. The molecule has 1 spiro atoms. The summed E-state index contributed by atoms with van der Waals surface area (Å²) in [4.78, 5) is 27.2. The maximum absolute atomic E-state index is 12.8. The van der Waals surface area contributed by atoms with Gasteiger partial charge < -0.3 is 14.4 Å². The predicted molar refractivity (Wildman–Crippen MR) is 116 cm³/mol. The Kier molecular flexibility index (Phi) is 5.69. The fourth-order valence-electron chi connectivity index (χ4n) is 4.28. The second-order valence-electron chi connectivity index (χ2n) is 8.08. The molecule has 1 amide bonds. The van der Waals surface area contributed by atoms with E-state index in [-0.39, 0.29) is 18.3 Å². The van der Waals surface area contributed by atoms with Crippen LogP contribution in [0.2, 0.25) is 10.0 Å². The second kappa shape index (κ2) is 8.12. The fraction of sp³-hybridized carbons (Fsp3) is 0.391. The van der Waals surface area contributed by atoms with Gasteiger partial charge in [0.15, 0.2) is 12.4 Å². The lowest BCUT2D eigenvalue weighted by Crippen LogP contribution is -2.53. The number of halogens is 2. The van der Waals surface area contributed by atoms with Crippen molar-refractivity contribution in [2.24, 2.45) is 0 Å². The Hall–Kier alpha value is -2.24. The van der Waals surface area contributed by atoms with Crippen LogP contribution >= 0.6 is 23.2 Å². The van der Waals surface area contributed by atoms with E-state index in [0.29, 0.717) is 59.5 Å². The van der Waals surface area contributed by atoms with E-state index in [1.54, 1.807) is 23.1 Å². The highest BCUT2D eigenvalue weighted by molar-refractivity contribution is 6.34. The number of nitrogens with zero attached hydrogens (tertiary/aromatic N) is 1. The van der Waals surface area contributed by atoms with Crippen molar-refractivity contribution in [3.63, 3.8) is 0 Å². The highest BCUT2D eigenvalue weighted by atomic mass is 35.5. The summed E-state index contributed by atoms with van der Waals surface area (Å²) in [7, 11) is 0. The first-order valence-electron chi connectivity index (χ1n) is 9.95. The molecule has 2 aromatic rings. The molecule has 5 nitrogen and oxygen atoms in total. The molecular formula is C23H23Cl2NO4. The van der Waals surface area contributed by atoms with Crippen molar-refractivity contribution in [3.8, 4) is 11.5 Å². The van der Waals surface area contributed by atoms with Crippen LogP contribution in [0.5, 0.6) is 11.5 Å². The average Bonchev–Trinajstić information content (AvgIpc) is 2.68. The van der Waals surface area contributed by atoms with E-state index in [2.05, 4.69) is 0 Å². The molecule has 1 saturated heterocycles. The average molecular weight is 448 g/mol. The Morgan fingerprint density at radius 1 is 1.17 bits per heavy atom. The second-order valence-corrected chi connectivity index (χ2v) is 8.93. The third-order valence-corrected chi connectivity index (χ3v) is 6.35. The molecule has 0 aromatic heterocycles. The van der Waals surface area contributed by atoms with Gasteiger partial charge in [0.05, 0.1) is 17.0 Å². The van der Waals surface area contributed by atoms with Crippen molar-refractivity contribution in [1.29, 1.82) is 0 Å². The number of fused-ring (bicyclic) bond motifs is 1. The maximum atomic E-state index is 12.8. The Labute approximate surface area is 185 Å². The van der Waals surface area contributed by atoms with Gasteiger partial charge in [0, 0.05) is 37.0 Å². The molecule has 0 aliphatic carbocycles. The summed E-state index contributed by atoms with van der Waals surface area (Å²) in [5, 5.41) is 0.898. The lowest BCUT2D eigenvalue weighted by Gasteiger charge is -2.44. The lowest BCUT2D eigenvalue weighted by molar-refractivity contribution is -0.136. The van der Waals surface area contributed by atoms with E-state index in [9.17, 15) is 9.59 Å². The zero-order valence-corrected chi connectivity index (χ0v) is 18.5. The van der Waals surface area contributed by atoms with Gasteiger partial charge in [-0.05, 0) is 43.2 Å². The molecule has 0 saturated carbocycles. The normalized spacial score (nSPS) is 17.5. The number of aryl methyl sites for hydroxylation is 2. The molecule has 0 unspecified atom stereocenters. The van der Waals surface area contributed by atoms with Crippen LogP contribution in [0.4, 0.5) is 0 Å². The molecule has 2 aromatic carbocycles. The maximum Gasteiger partial charge on any atom is 0.260 e. The van der Waals surface area contributed by atoms with Gasteiger partial charge >= 0.3 is 0 Å². The molecule has 0 N–H and O–H groups in total. The Morgan fingerprint density at radius 3 is 2.63 bits per heavy atom. The molecule has 2 heterocycles. The summed E-state index contributed by atoms with van der Waals surface area (Å²) in [6.45, 7) is 4.85. The number of Topliss-reactive ketones (excluding diaryl/α,β-unsaturated/α-hetero) is 1. The van der Waals surface area contributed by atoms with Gasteiger partial charge in [-0.2, -0.15) is 0 Å². The number of hydrogen-bond donors (Lipinski definition) is 0. The number of ketones is 1. The Bertz CT molecular complexity index is 1010. The largest absolute Gasteiger partial charge is 0.486 e. The molecular weight excluding hydrogens is 425 g/mol. The van der Waals surface area contributed by atoms with Crippen molar-refractivity contribution in [2.45, 2.75) is 38.7 Å². The van der Waals surface area contributed by atoms with Crippen LogP contribution in [0, 0.1) is 13.8 Å². The van der Waals surface area contributed by atoms with Gasteiger partial charge in [0.1, 0.15) is 17.1 Å². The van der Waals surface area contributed by atoms with E-state index >= 15 is 0 Å². The minimum absolute atomic E-state index is 0.117. The molecule has 0 atom stereocenters. The Balaban J connectivity index is 1.39. The first kappa shape index (κ1) is 21.0. The third kappa shape index (κ3) is 4.14. The molecule has 1 fully saturated rings. The summed E-state index contributed by atoms with van der Waals surface area (Å²) >= 11 is 12.0. The number of hydrogen-bond acceptors (Lipinski definition) is 4. The molecule has 158 valence electrons. The van der Waals surface area contributed by atoms with Crippen molar-refractivity contribution in [1.82, 2.24) is 4.90 Å². The number of piperidine rings is 1. The highest BCUT2D eigenvalue weighted by Gasteiger charge is 2.44. The van der Waals surface area contributed by atoms with Gasteiger partial charge in [-0.25, -0.2) is 0 Å². The number of carbonyl (C=O) groups excluding carboxylic acids is 2. The summed E-state index contributed by atoms with van der Waals surface area (Å²) in [6.07, 6.45) is 1.56. The van der Waals surface area contributed by atoms with E-state index < -0.39 is 5.60 Å². The van der Waals surface area contributed by atoms with Crippen LogP contribution in [0.1, 0.15) is 40.7 Å². The van der Waals surface area contributed by atoms with Gasteiger partial charge in [-0.3, -0.25) is 9.59 Å². The van der Waals surface area contributed by atoms with E-state index in [4.69, 9.17) is 32.7 Å². The van der Waals surface area contributed by atoms with Gasteiger partial charge in [-0.1, -0.05) is 29.3 Å². The van der Waals surface area contributed by atoms with E-state index in [1.165, 1.54) is 0 Å². The summed E-state index contributed by atoms with van der Waals surface area (Å²) < 4.78 is 11.9. The number of carbonyl (C=O) groups is 2. The minimum Gasteiger partial charge on any atom is -0.486 e. The topological polar surface area (TPSA) is 55.8 Å². The molecule has 0 radical (unpaired) electrons. The third-order valence-electron chi connectivity index (χ3n) is 5.80. The highest BCUT2D eigenvalue weighted by Crippen LogP contribution is 2.41. The van der Waals surface area contributed by atoms with Crippen LogP contribution < -0.4 is 9.47 Å². The van der Waals surface area contributed by atoms with Crippen LogP contribution in [0.3, 0.4) is 0 Å². The summed E-state index contributed by atoms with van der Waals surface area (Å²) in [6, 6.07) is 8.82. The van der Waals surface area contributed by atoms with Crippen molar-refractivity contribution < 1.29 is 19.1 Å². The van der Waals surface area contributed by atoms with Gasteiger partial charge in [-0.15, -0.1) is 0 Å². The van der Waals surface area contributed by atoms with Gasteiger partial charge in [0.2, 0.25) is 0 Å². The first-order valence-corrected chi connectivity index (χ1v) is 10.7. The molecule has 4 rings (SSSR count). The van der Waals surface area contributed by atoms with Gasteiger partial charge in [0.25, 0.3) is 5.91 Å². The van der Waals surface area contributed by atoms with E-state index in [0.717, 1.165) is 11.1 Å². The number of amides is 1. The van der Waals surface area contributed by atoms with Crippen molar-refractivity contribution >= 4 is 34.9 Å². The molecule has 7 heteroatoms. The monoisotopic (exact) mass is 447 g/mol. The fourth-order valence-corrected chi connectivity index (χ4v) is 4.61. The van der Waals surface area contributed by atoms with Crippen LogP contribution in [-0.2, 0) is 4.79 Å². The van der Waals surface area contributed by atoms with E-state index in [1.807, 2.05) is 26.0 Å². The number of ether oxygens (including phenoxy) is 2. The molecule has 2 aliphatic rings. The zero-order chi connectivity index (χ0) is 21.5. The molecule has 0 bridgehead atoms. The summed E-state index contributed by atoms with van der Waals surface area (Å²) in [5.74, 6) is 1.04. The lowest BCUT2D eigenvalue weighted by atomic mass is 9.81. The number of rotatable bonds is 3. The SMILES string of the molecule is Cc1cc(C)c2c(c1)OC1(CCN(C(=O)COc3cc(Cl)ccc3Cl)CC1)CC2=O. The van der Waals surface area contributed by atoms with Crippen molar-refractivity contribution in [3.05, 3.63) is 57.1 Å². The Morgan fingerprint density at radius 2 is 1.90 bits per heavy atom. The van der Waals surface area contributed by atoms with Crippen LogP contribution in [0.25, 0.3) is 0 Å². The minimum atomic E-state index is -0.543. The number of likely N-dealkylation sites (tertiary alicyclic amines) is 1. The molecule has 30 heavy (non-hydrogen) atoms. The van der Waals surface area contributed by atoms with Crippen LogP contribution in [-0.4, -0.2) is 41.9 Å².